The maximum Gasteiger partial charge on any atom is 0.250 e. The van der Waals surface area contributed by atoms with E-state index in [0.717, 1.165) is 22.6 Å². The van der Waals surface area contributed by atoms with E-state index in [-0.39, 0.29) is 18.1 Å². The molecular formula is C23H22N2O3S. The smallest absolute Gasteiger partial charge is 0.250 e. The molecule has 2 aromatic carbocycles. The molecule has 29 heavy (non-hydrogen) atoms. The molecule has 5 nitrogen and oxygen atoms in total. The molecule has 0 atom stereocenters. The Labute approximate surface area is 174 Å². The molecule has 6 heteroatoms. The molecule has 0 aliphatic carbocycles. The van der Waals surface area contributed by atoms with Crippen LogP contribution in [0.1, 0.15) is 31.9 Å². The number of hydrogen-bond donors (Lipinski definition) is 1. The van der Waals surface area contributed by atoms with E-state index in [2.05, 4.69) is 55.3 Å². The van der Waals surface area contributed by atoms with Gasteiger partial charge in [-0.3, -0.25) is 10.1 Å². The van der Waals surface area contributed by atoms with Gasteiger partial charge in [-0.25, -0.2) is 4.98 Å². The highest BCUT2D eigenvalue weighted by molar-refractivity contribution is 7.14. The number of ether oxygens (including phenoxy) is 2. The van der Waals surface area contributed by atoms with E-state index in [4.69, 9.17) is 9.47 Å². The summed E-state index contributed by atoms with van der Waals surface area (Å²) < 4.78 is 10.6. The van der Waals surface area contributed by atoms with Gasteiger partial charge in [0.15, 0.2) is 16.6 Å². The zero-order valence-electron chi connectivity index (χ0n) is 16.6. The molecule has 3 aromatic rings. The molecule has 1 aliphatic rings. The van der Waals surface area contributed by atoms with Crippen molar-refractivity contribution in [3.8, 4) is 22.8 Å². The van der Waals surface area contributed by atoms with Gasteiger partial charge in [-0.05, 0) is 34.8 Å². The molecule has 1 aromatic heterocycles. The van der Waals surface area contributed by atoms with Crippen LogP contribution in [0.5, 0.6) is 11.5 Å². The Balaban J connectivity index is 1.40. The van der Waals surface area contributed by atoms with E-state index in [0.29, 0.717) is 10.9 Å². The van der Waals surface area contributed by atoms with Gasteiger partial charge >= 0.3 is 0 Å². The normalized spacial score (nSPS) is 13.1. The number of hydrogen-bond acceptors (Lipinski definition) is 5. The van der Waals surface area contributed by atoms with Crippen LogP contribution in [0.4, 0.5) is 5.13 Å². The number of benzene rings is 2. The maximum atomic E-state index is 12.2. The Morgan fingerprint density at radius 3 is 2.62 bits per heavy atom. The van der Waals surface area contributed by atoms with E-state index < -0.39 is 0 Å². The van der Waals surface area contributed by atoms with E-state index >= 15 is 0 Å². The lowest BCUT2D eigenvalue weighted by molar-refractivity contribution is -0.111. The van der Waals surface area contributed by atoms with Gasteiger partial charge in [0.05, 0.1) is 5.69 Å². The van der Waals surface area contributed by atoms with Crippen molar-refractivity contribution in [2.24, 2.45) is 0 Å². The number of thiazole rings is 1. The Morgan fingerprint density at radius 2 is 1.86 bits per heavy atom. The highest BCUT2D eigenvalue weighted by Crippen LogP contribution is 2.33. The molecule has 0 bridgehead atoms. The van der Waals surface area contributed by atoms with Crippen molar-refractivity contribution in [2.45, 2.75) is 26.2 Å². The first-order chi connectivity index (χ1) is 13.9. The zero-order valence-corrected chi connectivity index (χ0v) is 17.4. The van der Waals surface area contributed by atoms with Gasteiger partial charge in [-0.1, -0.05) is 51.1 Å². The SMILES string of the molecule is CC(C)(C)c1ccc(-c2csc(NC(=O)C=Cc3ccc4c(c3)OCO4)n2)cc1. The van der Waals surface area contributed by atoms with E-state index in [1.807, 2.05) is 23.6 Å². The largest absolute Gasteiger partial charge is 0.454 e. The molecule has 4 rings (SSSR count). The average Bonchev–Trinajstić information content (AvgIpc) is 3.34. The monoisotopic (exact) mass is 406 g/mol. The summed E-state index contributed by atoms with van der Waals surface area (Å²) in [6.07, 6.45) is 3.22. The summed E-state index contributed by atoms with van der Waals surface area (Å²) >= 11 is 1.41. The number of rotatable bonds is 4. The molecule has 2 heterocycles. The summed E-state index contributed by atoms with van der Waals surface area (Å²) in [4.78, 5) is 16.8. The van der Waals surface area contributed by atoms with Crippen LogP contribution in [0.2, 0.25) is 0 Å². The lowest BCUT2D eigenvalue weighted by atomic mass is 9.86. The number of fused-ring (bicyclic) bond motifs is 1. The zero-order chi connectivity index (χ0) is 20.4. The molecule has 0 radical (unpaired) electrons. The second-order valence-corrected chi connectivity index (χ2v) is 8.66. The van der Waals surface area contributed by atoms with Gasteiger partial charge in [0.2, 0.25) is 12.7 Å². The molecule has 0 spiro atoms. The molecule has 0 saturated heterocycles. The van der Waals surface area contributed by atoms with Gasteiger partial charge < -0.3 is 9.47 Å². The molecule has 0 saturated carbocycles. The Bertz CT molecular complexity index is 1060. The first-order valence-corrected chi connectivity index (χ1v) is 10.2. The second kappa shape index (κ2) is 7.72. The van der Waals surface area contributed by atoms with Crippen molar-refractivity contribution in [2.75, 3.05) is 12.1 Å². The number of amides is 1. The van der Waals surface area contributed by atoms with Gasteiger partial charge in [0.25, 0.3) is 0 Å². The lowest BCUT2D eigenvalue weighted by Gasteiger charge is -2.18. The van der Waals surface area contributed by atoms with Crippen LogP contribution in [0, 0.1) is 0 Å². The van der Waals surface area contributed by atoms with E-state index in [1.54, 1.807) is 6.08 Å². The van der Waals surface area contributed by atoms with Gasteiger partial charge in [-0.15, -0.1) is 11.3 Å². The minimum atomic E-state index is -0.230. The third-order valence-electron chi connectivity index (χ3n) is 4.60. The minimum absolute atomic E-state index is 0.115. The molecule has 1 N–H and O–H groups in total. The van der Waals surface area contributed by atoms with Crippen molar-refractivity contribution in [1.82, 2.24) is 4.98 Å². The standard InChI is InChI=1S/C23H22N2O3S/c1-23(2,3)17-8-6-16(7-9-17)18-13-29-22(24-18)25-21(26)11-5-15-4-10-19-20(12-15)28-14-27-19/h4-13H,14H2,1-3H3,(H,24,25,26). The van der Waals surface area contributed by atoms with Crippen molar-refractivity contribution >= 4 is 28.5 Å². The predicted octanol–water partition coefficient (Wildman–Crippen LogP) is 5.49. The molecule has 0 unspecified atom stereocenters. The van der Waals surface area contributed by atoms with Crippen molar-refractivity contribution in [3.63, 3.8) is 0 Å². The summed E-state index contributed by atoms with van der Waals surface area (Å²) in [5.41, 5.74) is 4.14. The first-order valence-electron chi connectivity index (χ1n) is 9.34. The fraction of sp³-hybridized carbons (Fsp3) is 0.217. The maximum absolute atomic E-state index is 12.2. The van der Waals surface area contributed by atoms with Gasteiger partial charge in [-0.2, -0.15) is 0 Å². The lowest BCUT2D eigenvalue weighted by Crippen LogP contribution is -2.10. The summed E-state index contributed by atoms with van der Waals surface area (Å²) in [7, 11) is 0. The number of carbonyl (C=O) groups excluding carboxylic acids is 1. The average molecular weight is 407 g/mol. The fourth-order valence-electron chi connectivity index (χ4n) is 2.94. The predicted molar refractivity (Wildman–Crippen MR) is 116 cm³/mol. The van der Waals surface area contributed by atoms with Crippen molar-refractivity contribution in [3.05, 3.63) is 65.0 Å². The van der Waals surface area contributed by atoms with Crippen LogP contribution in [0.3, 0.4) is 0 Å². The van der Waals surface area contributed by atoms with Crippen LogP contribution < -0.4 is 14.8 Å². The molecule has 0 fully saturated rings. The summed E-state index contributed by atoms with van der Waals surface area (Å²) in [6, 6.07) is 13.9. The highest BCUT2D eigenvalue weighted by Gasteiger charge is 2.14. The number of nitrogens with one attached hydrogen (secondary N) is 1. The summed E-state index contributed by atoms with van der Waals surface area (Å²) in [5.74, 6) is 1.18. The topological polar surface area (TPSA) is 60.5 Å². The number of anilines is 1. The second-order valence-electron chi connectivity index (χ2n) is 7.80. The number of carbonyl (C=O) groups is 1. The number of nitrogens with zero attached hydrogens (tertiary/aromatic N) is 1. The quantitative estimate of drug-likeness (QED) is 0.582. The first kappa shape index (κ1) is 19.2. The minimum Gasteiger partial charge on any atom is -0.454 e. The van der Waals surface area contributed by atoms with Crippen LogP contribution in [-0.4, -0.2) is 17.7 Å². The van der Waals surface area contributed by atoms with Crippen molar-refractivity contribution < 1.29 is 14.3 Å². The summed E-state index contributed by atoms with van der Waals surface area (Å²) in [6.45, 7) is 6.80. The van der Waals surface area contributed by atoms with E-state index in [9.17, 15) is 4.79 Å². The molecule has 1 aliphatic heterocycles. The molecule has 148 valence electrons. The fourth-order valence-corrected chi connectivity index (χ4v) is 3.66. The Morgan fingerprint density at radius 1 is 1.10 bits per heavy atom. The summed E-state index contributed by atoms with van der Waals surface area (Å²) in [5, 5.41) is 5.33. The molecular weight excluding hydrogens is 384 g/mol. The van der Waals surface area contributed by atoms with Crippen LogP contribution in [0.15, 0.2) is 53.9 Å². The van der Waals surface area contributed by atoms with Crippen molar-refractivity contribution in [1.29, 1.82) is 0 Å². The highest BCUT2D eigenvalue weighted by atomic mass is 32.1. The molecule has 1 amide bonds. The Kier molecular flexibility index (Phi) is 5.11. The van der Waals surface area contributed by atoms with Crippen LogP contribution >= 0.6 is 11.3 Å². The third-order valence-corrected chi connectivity index (χ3v) is 5.36. The van der Waals surface area contributed by atoms with Crippen LogP contribution in [-0.2, 0) is 10.2 Å². The van der Waals surface area contributed by atoms with E-state index in [1.165, 1.54) is 23.0 Å². The van der Waals surface area contributed by atoms with Gasteiger partial charge in [0, 0.05) is 17.0 Å². The van der Waals surface area contributed by atoms with Crippen LogP contribution in [0.25, 0.3) is 17.3 Å². The number of aromatic nitrogens is 1. The third kappa shape index (κ3) is 4.49. The van der Waals surface area contributed by atoms with Gasteiger partial charge in [0.1, 0.15) is 0 Å². The Hall–Kier alpha value is -3.12.